The molecule has 10 heteroatoms. The van der Waals surface area contributed by atoms with Crippen molar-refractivity contribution in [1.29, 1.82) is 0 Å². The largest absolute Gasteiger partial charge is 0.351 e. The number of thioether (sulfide) groups is 1. The van der Waals surface area contributed by atoms with Crippen molar-refractivity contribution >= 4 is 39.2 Å². The molecule has 3 aromatic heterocycles. The number of thiazole rings is 1. The Morgan fingerprint density at radius 1 is 1.18 bits per heavy atom. The summed E-state index contributed by atoms with van der Waals surface area (Å²) in [5, 5.41) is 13.5. The van der Waals surface area contributed by atoms with E-state index in [1.807, 2.05) is 30.5 Å². The van der Waals surface area contributed by atoms with Gasteiger partial charge < -0.3 is 9.88 Å². The van der Waals surface area contributed by atoms with Gasteiger partial charge in [-0.3, -0.25) is 4.79 Å². The van der Waals surface area contributed by atoms with Gasteiger partial charge in [-0.1, -0.05) is 36.7 Å². The third-order valence-electron chi connectivity index (χ3n) is 5.88. The van der Waals surface area contributed by atoms with Crippen LogP contribution in [-0.2, 0) is 6.42 Å². The van der Waals surface area contributed by atoms with Crippen LogP contribution in [0.4, 0.5) is 0 Å². The minimum absolute atomic E-state index is 0.237. The van der Waals surface area contributed by atoms with E-state index in [9.17, 15) is 4.79 Å². The van der Waals surface area contributed by atoms with Crippen molar-refractivity contribution in [2.75, 3.05) is 12.8 Å². The van der Waals surface area contributed by atoms with Crippen LogP contribution in [0.15, 0.2) is 41.8 Å². The normalized spacial score (nSPS) is 14.2. The average Bonchev–Trinajstić information content (AvgIpc) is 3.60. The Kier molecular flexibility index (Phi) is 6.63. The lowest BCUT2D eigenvalue weighted by Crippen LogP contribution is -2.27. The second kappa shape index (κ2) is 9.96. The summed E-state index contributed by atoms with van der Waals surface area (Å²) < 4.78 is 3.37. The number of hydrogen-bond acceptors (Lipinski definition) is 8. The highest BCUT2D eigenvalue weighted by molar-refractivity contribution is 7.98. The summed E-state index contributed by atoms with van der Waals surface area (Å²) in [5.74, 6) is 0.773. The number of amides is 1. The molecule has 1 aliphatic rings. The predicted octanol–water partition coefficient (Wildman–Crippen LogP) is 4.54. The molecule has 3 heterocycles. The number of hydrogen-bond donors (Lipinski definition) is 1. The number of nitrogens with zero attached hydrogens (tertiary/aromatic N) is 6. The number of carbonyl (C=O) groups excluding carboxylic acids is 1. The summed E-state index contributed by atoms with van der Waals surface area (Å²) in [5.41, 5.74) is 1.71. The van der Waals surface area contributed by atoms with Crippen molar-refractivity contribution in [3.8, 4) is 10.7 Å². The molecule has 0 saturated heterocycles. The Morgan fingerprint density at radius 2 is 2.00 bits per heavy atom. The number of nitrogens with one attached hydrogen (secondary N) is 1. The van der Waals surface area contributed by atoms with Crippen LogP contribution in [0.2, 0.25) is 0 Å². The summed E-state index contributed by atoms with van der Waals surface area (Å²) in [6.45, 7) is 0.529. The first-order chi connectivity index (χ1) is 16.2. The van der Waals surface area contributed by atoms with E-state index >= 15 is 0 Å². The molecule has 0 spiro atoms. The van der Waals surface area contributed by atoms with Gasteiger partial charge in [0.1, 0.15) is 16.5 Å². The minimum atomic E-state index is -0.237. The Bertz CT molecular complexity index is 1230. The van der Waals surface area contributed by atoms with E-state index in [4.69, 9.17) is 0 Å². The van der Waals surface area contributed by atoms with Crippen LogP contribution in [0.25, 0.3) is 20.9 Å². The molecule has 1 amide bonds. The average molecular weight is 480 g/mol. The summed E-state index contributed by atoms with van der Waals surface area (Å²) >= 11 is 3.16. The maximum Gasteiger partial charge on any atom is 0.272 e. The molecular weight excluding hydrogens is 454 g/mol. The van der Waals surface area contributed by atoms with Crippen LogP contribution in [0.5, 0.6) is 0 Å². The number of para-hydroxylation sites is 1. The maximum atomic E-state index is 12.9. The fourth-order valence-corrected chi connectivity index (χ4v) is 5.85. The monoisotopic (exact) mass is 479 g/mol. The van der Waals surface area contributed by atoms with E-state index in [1.54, 1.807) is 24.2 Å². The van der Waals surface area contributed by atoms with Crippen molar-refractivity contribution in [1.82, 2.24) is 35.0 Å². The third kappa shape index (κ3) is 4.63. The van der Waals surface area contributed by atoms with Crippen LogP contribution in [-0.4, -0.2) is 48.4 Å². The molecule has 33 heavy (non-hydrogen) atoms. The van der Waals surface area contributed by atoms with Crippen LogP contribution < -0.4 is 5.32 Å². The highest BCUT2D eigenvalue weighted by Crippen LogP contribution is 2.33. The number of aryl methyl sites for hydroxylation is 1. The van der Waals surface area contributed by atoms with E-state index in [2.05, 4.69) is 35.0 Å². The SMILES string of the molecule is CSc1nnc(CCCNC(=O)c2nccnc2-c2nc3ccccc3s2)n1C1CCCC1. The molecule has 8 nitrogen and oxygen atoms in total. The molecule has 1 fully saturated rings. The highest BCUT2D eigenvalue weighted by Gasteiger charge is 2.23. The predicted molar refractivity (Wildman–Crippen MR) is 131 cm³/mol. The fourth-order valence-electron chi connectivity index (χ4n) is 4.31. The molecule has 1 saturated carbocycles. The van der Waals surface area contributed by atoms with Gasteiger partial charge in [0.2, 0.25) is 0 Å². The van der Waals surface area contributed by atoms with Gasteiger partial charge >= 0.3 is 0 Å². The smallest absolute Gasteiger partial charge is 0.272 e. The van der Waals surface area contributed by atoms with Crippen molar-refractivity contribution < 1.29 is 4.79 Å². The van der Waals surface area contributed by atoms with Crippen LogP contribution >= 0.6 is 23.1 Å². The van der Waals surface area contributed by atoms with Gasteiger partial charge in [-0.05, 0) is 37.7 Å². The standard InChI is InChI=1S/C23H25N7OS2/c1-32-23-29-28-18(30(23)15-7-2-3-8-15)11-6-12-26-21(31)19-20(25-14-13-24-19)22-27-16-9-4-5-10-17(16)33-22/h4-5,9-10,13-15H,2-3,6-8,11-12H2,1H3,(H,26,31). The molecule has 0 unspecified atom stereocenters. The van der Waals surface area contributed by atoms with Gasteiger partial charge in [-0.25, -0.2) is 15.0 Å². The Balaban J connectivity index is 1.24. The van der Waals surface area contributed by atoms with Gasteiger partial charge in [0.25, 0.3) is 5.91 Å². The minimum Gasteiger partial charge on any atom is -0.351 e. The van der Waals surface area contributed by atoms with E-state index < -0.39 is 0 Å². The van der Waals surface area contributed by atoms with E-state index in [0.29, 0.717) is 29.0 Å². The van der Waals surface area contributed by atoms with E-state index in [1.165, 1.54) is 37.0 Å². The maximum absolute atomic E-state index is 12.9. The van der Waals surface area contributed by atoms with Crippen LogP contribution in [0.1, 0.15) is 54.5 Å². The lowest BCUT2D eigenvalue weighted by molar-refractivity contribution is 0.0948. The van der Waals surface area contributed by atoms with E-state index in [-0.39, 0.29) is 5.91 Å². The first-order valence-corrected chi connectivity index (χ1v) is 13.2. The molecule has 0 aliphatic heterocycles. The zero-order valence-corrected chi connectivity index (χ0v) is 20.0. The number of benzene rings is 1. The molecule has 5 rings (SSSR count). The zero-order valence-electron chi connectivity index (χ0n) is 18.4. The molecule has 4 aromatic rings. The van der Waals surface area contributed by atoms with Gasteiger partial charge in [-0.15, -0.1) is 21.5 Å². The quantitative estimate of drug-likeness (QED) is 0.292. The van der Waals surface area contributed by atoms with Gasteiger partial charge in [0.15, 0.2) is 10.9 Å². The molecule has 0 radical (unpaired) electrons. The number of carbonyl (C=O) groups is 1. The summed E-state index contributed by atoms with van der Waals surface area (Å²) in [6.07, 6.45) is 11.6. The molecule has 1 N–H and O–H groups in total. The lowest BCUT2D eigenvalue weighted by atomic mass is 10.2. The third-order valence-corrected chi connectivity index (χ3v) is 7.57. The molecule has 0 atom stereocenters. The Morgan fingerprint density at radius 3 is 2.82 bits per heavy atom. The first kappa shape index (κ1) is 22.0. The molecule has 170 valence electrons. The zero-order chi connectivity index (χ0) is 22.6. The number of aromatic nitrogens is 6. The van der Waals surface area contributed by atoms with Crippen molar-refractivity contribution in [2.24, 2.45) is 0 Å². The molecule has 0 bridgehead atoms. The Hall–Kier alpha value is -2.85. The van der Waals surface area contributed by atoms with Crippen molar-refractivity contribution in [3.05, 3.63) is 48.2 Å². The first-order valence-electron chi connectivity index (χ1n) is 11.2. The lowest BCUT2D eigenvalue weighted by Gasteiger charge is -2.16. The van der Waals surface area contributed by atoms with Gasteiger partial charge in [-0.2, -0.15) is 0 Å². The summed E-state index contributed by atoms with van der Waals surface area (Å²) in [4.78, 5) is 26.3. The van der Waals surface area contributed by atoms with Crippen molar-refractivity contribution in [3.63, 3.8) is 0 Å². The number of fused-ring (bicyclic) bond motifs is 1. The molecule has 1 aromatic carbocycles. The topological polar surface area (TPSA) is 98.5 Å². The highest BCUT2D eigenvalue weighted by atomic mass is 32.2. The van der Waals surface area contributed by atoms with Crippen LogP contribution in [0.3, 0.4) is 0 Å². The van der Waals surface area contributed by atoms with E-state index in [0.717, 1.165) is 34.0 Å². The van der Waals surface area contributed by atoms with Crippen molar-refractivity contribution in [2.45, 2.75) is 49.7 Å². The molecule has 1 aliphatic carbocycles. The summed E-state index contributed by atoms with van der Waals surface area (Å²) in [6, 6.07) is 8.40. The van der Waals surface area contributed by atoms with Gasteiger partial charge in [0, 0.05) is 31.4 Å². The number of rotatable bonds is 8. The Labute approximate surface area is 200 Å². The summed E-state index contributed by atoms with van der Waals surface area (Å²) in [7, 11) is 0. The van der Waals surface area contributed by atoms with Crippen LogP contribution in [0, 0.1) is 0 Å². The second-order valence-corrected chi connectivity index (χ2v) is 9.82. The second-order valence-electron chi connectivity index (χ2n) is 8.01. The molecular formula is C23H25N7OS2. The fraction of sp³-hybridized carbons (Fsp3) is 0.391. The van der Waals surface area contributed by atoms with Gasteiger partial charge in [0.05, 0.1) is 10.2 Å².